The molecule has 5 heteroatoms. The highest BCUT2D eigenvalue weighted by molar-refractivity contribution is 5.95. The maximum Gasteiger partial charge on any atom is 0.254 e. The van der Waals surface area contributed by atoms with Gasteiger partial charge in [-0.2, -0.15) is 0 Å². The van der Waals surface area contributed by atoms with Gasteiger partial charge in [-0.1, -0.05) is 0 Å². The number of phenolic OH excluding ortho intramolecular Hbond substituents is 2. The number of rotatable bonds is 2. The van der Waals surface area contributed by atoms with Crippen LogP contribution in [0.25, 0.3) is 0 Å². The molecule has 1 aliphatic rings. The number of nitrogens with zero attached hydrogens (tertiary/aromatic N) is 1. The van der Waals surface area contributed by atoms with Crippen LogP contribution < -0.4 is 5.32 Å². The summed E-state index contributed by atoms with van der Waals surface area (Å²) in [5.41, 5.74) is 0.406. The third-order valence-corrected chi connectivity index (χ3v) is 3.91. The zero-order chi connectivity index (χ0) is 14.0. The molecule has 2 rings (SSSR count). The van der Waals surface area contributed by atoms with Crippen LogP contribution in [0, 0.1) is 0 Å². The molecule has 1 fully saturated rings. The second kappa shape index (κ2) is 5.09. The Labute approximate surface area is 112 Å². The SMILES string of the molecule is CNC1(C)CCN(C(=O)c2cc(O)cc(O)c2)CC1. The van der Waals surface area contributed by atoms with Crippen molar-refractivity contribution in [1.29, 1.82) is 0 Å². The van der Waals surface area contributed by atoms with Crippen molar-refractivity contribution in [2.75, 3.05) is 20.1 Å². The quantitative estimate of drug-likeness (QED) is 0.753. The average molecular weight is 264 g/mol. The molecule has 0 atom stereocenters. The lowest BCUT2D eigenvalue weighted by Crippen LogP contribution is -2.51. The summed E-state index contributed by atoms with van der Waals surface area (Å²) in [5.74, 6) is -0.342. The largest absolute Gasteiger partial charge is 0.508 e. The maximum atomic E-state index is 12.3. The molecule has 0 unspecified atom stereocenters. The Hall–Kier alpha value is -1.75. The van der Waals surface area contributed by atoms with Crippen molar-refractivity contribution in [3.63, 3.8) is 0 Å². The van der Waals surface area contributed by atoms with Gasteiger partial charge < -0.3 is 20.4 Å². The number of likely N-dealkylation sites (tertiary alicyclic amines) is 1. The first-order valence-corrected chi connectivity index (χ1v) is 6.45. The number of hydrogen-bond donors (Lipinski definition) is 3. The normalized spacial score (nSPS) is 18.3. The van der Waals surface area contributed by atoms with Gasteiger partial charge in [0.15, 0.2) is 0 Å². The summed E-state index contributed by atoms with van der Waals surface area (Å²) in [4.78, 5) is 14.0. The Morgan fingerprint density at radius 1 is 1.21 bits per heavy atom. The number of carbonyl (C=O) groups excluding carboxylic acids is 1. The topological polar surface area (TPSA) is 72.8 Å². The molecule has 0 aliphatic carbocycles. The van der Waals surface area contributed by atoms with Crippen molar-refractivity contribution in [3.05, 3.63) is 23.8 Å². The Morgan fingerprint density at radius 2 is 1.74 bits per heavy atom. The van der Waals surface area contributed by atoms with Gasteiger partial charge in [0.1, 0.15) is 11.5 Å². The molecule has 1 saturated heterocycles. The molecule has 1 aromatic carbocycles. The molecular weight excluding hydrogens is 244 g/mol. The van der Waals surface area contributed by atoms with Gasteiger partial charge in [0.25, 0.3) is 5.91 Å². The van der Waals surface area contributed by atoms with Crippen molar-refractivity contribution in [3.8, 4) is 11.5 Å². The first-order valence-electron chi connectivity index (χ1n) is 6.45. The van der Waals surface area contributed by atoms with E-state index in [2.05, 4.69) is 12.2 Å². The van der Waals surface area contributed by atoms with Crippen molar-refractivity contribution >= 4 is 5.91 Å². The van der Waals surface area contributed by atoms with Crippen LogP contribution in [0.4, 0.5) is 0 Å². The van der Waals surface area contributed by atoms with E-state index in [0.29, 0.717) is 18.7 Å². The standard InChI is InChI=1S/C14H20N2O3/c1-14(15-2)3-5-16(6-4-14)13(19)10-7-11(17)9-12(18)8-10/h7-9,15,17-18H,3-6H2,1-2H3. The number of amides is 1. The first-order chi connectivity index (χ1) is 8.93. The minimum atomic E-state index is -0.149. The highest BCUT2D eigenvalue weighted by atomic mass is 16.3. The second-order valence-electron chi connectivity index (χ2n) is 5.34. The number of hydrogen-bond acceptors (Lipinski definition) is 4. The van der Waals surface area contributed by atoms with Crippen LogP contribution >= 0.6 is 0 Å². The Morgan fingerprint density at radius 3 is 2.21 bits per heavy atom. The summed E-state index contributed by atoms with van der Waals surface area (Å²) in [6.07, 6.45) is 1.78. The molecule has 104 valence electrons. The van der Waals surface area contributed by atoms with Crippen LogP contribution in [0.2, 0.25) is 0 Å². The summed E-state index contributed by atoms with van der Waals surface area (Å²) >= 11 is 0. The number of nitrogens with one attached hydrogen (secondary N) is 1. The zero-order valence-electron chi connectivity index (χ0n) is 11.3. The minimum Gasteiger partial charge on any atom is -0.508 e. The number of phenols is 2. The van der Waals surface area contributed by atoms with Gasteiger partial charge >= 0.3 is 0 Å². The Balaban J connectivity index is 2.09. The van der Waals surface area contributed by atoms with E-state index in [4.69, 9.17) is 0 Å². The van der Waals surface area contributed by atoms with Crippen molar-refractivity contribution < 1.29 is 15.0 Å². The summed E-state index contributed by atoms with van der Waals surface area (Å²) in [6.45, 7) is 3.49. The molecule has 1 heterocycles. The molecule has 1 amide bonds. The summed E-state index contributed by atoms with van der Waals surface area (Å²) in [7, 11) is 1.94. The molecule has 0 saturated carbocycles. The van der Waals surface area contributed by atoms with E-state index in [1.807, 2.05) is 7.05 Å². The van der Waals surface area contributed by atoms with Gasteiger partial charge in [-0.15, -0.1) is 0 Å². The van der Waals surface area contributed by atoms with E-state index in [0.717, 1.165) is 12.8 Å². The fourth-order valence-electron chi connectivity index (χ4n) is 2.35. The van der Waals surface area contributed by atoms with E-state index in [1.165, 1.54) is 18.2 Å². The number of carbonyl (C=O) groups is 1. The Kier molecular flexibility index (Phi) is 3.66. The van der Waals surface area contributed by atoms with Crippen molar-refractivity contribution in [2.45, 2.75) is 25.3 Å². The third kappa shape index (κ3) is 2.98. The third-order valence-electron chi connectivity index (χ3n) is 3.91. The molecule has 19 heavy (non-hydrogen) atoms. The van der Waals surface area contributed by atoms with Crippen LogP contribution in [-0.2, 0) is 0 Å². The monoisotopic (exact) mass is 264 g/mol. The maximum absolute atomic E-state index is 12.3. The molecule has 0 bridgehead atoms. The molecule has 5 nitrogen and oxygen atoms in total. The Bertz CT molecular complexity index is 459. The van der Waals surface area contributed by atoms with E-state index in [-0.39, 0.29) is 22.9 Å². The van der Waals surface area contributed by atoms with Crippen molar-refractivity contribution in [1.82, 2.24) is 10.2 Å². The number of aromatic hydroxyl groups is 2. The molecule has 1 aromatic rings. The predicted molar refractivity (Wildman–Crippen MR) is 72.4 cm³/mol. The molecule has 3 N–H and O–H groups in total. The number of benzene rings is 1. The van der Waals surface area contributed by atoms with Gasteiger partial charge in [-0.3, -0.25) is 4.79 Å². The fraction of sp³-hybridized carbons (Fsp3) is 0.500. The van der Waals surface area contributed by atoms with E-state index in [9.17, 15) is 15.0 Å². The average Bonchev–Trinajstić information content (AvgIpc) is 2.38. The highest BCUT2D eigenvalue weighted by Gasteiger charge is 2.30. The van der Waals surface area contributed by atoms with E-state index >= 15 is 0 Å². The minimum absolute atomic E-state index is 0.0811. The summed E-state index contributed by atoms with van der Waals surface area (Å²) < 4.78 is 0. The van der Waals surface area contributed by atoms with Gasteiger partial charge in [0, 0.05) is 30.3 Å². The summed E-state index contributed by atoms with van der Waals surface area (Å²) in [5, 5.41) is 22.1. The van der Waals surface area contributed by atoms with Crippen LogP contribution in [0.15, 0.2) is 18.2 Å². The fourth-order valence-corrected chi connectivity index (χ4v) is 2.35. The first kappa shape index (κ1) is 13.7. The van der Waals surface area contributed by atoms with Gasteiger partial charge in [0.2, 0.25) is 0 Å². The number of piperidine rings is 1. The van der Waals surface area contributed by atoms with E-state index < -0.39 is 0 Å². The van der Waals surface area contributed by atoms with Gasteiger partial charge in [-0.05, 0) is 38.9 Å². The lowest BCUT2D eigenvalue weighted by atomic mass is 9.89. The van der Waals surface area contributed by atoms with Crippen LogP contribution in [0.5, 0.6) is 11.5 Å². The second-order valence-corrected chi connectivity index (χ2v) is 5.34. The van der Waals surface area contributed by atoms with Gasteiger partial charge in [0.05, 0.1) is 0 Å². The smallest absolute Gasteiger partial charge is 0.254 e. The summed E-state index contributed by atoms with van der Waals surface area (Å²) in [6, 6.07) is 3.98. The van der Waals surface area contributed by atoms with Gasteiger partial charge in [-0.25, -0.2) is 0 Å². The lowest BCUT2D eigenvalue weighted by molar-refractivity contribution is 0.0661. The highest BCUT2D eigenvalue weighted by Crippen LogP contribution is 2.25. The molecule has 0 aromatic heterocycles. The molecular formula is C14H20N2O3. The molecule has 0 radical (unpaired) electrons. The lowest BCUT2D eigenvalue weighted by Gasteiger charge is -2.39. The molecule has 0 spiro atoms. The van der Waals surface area contributed by atoms with Crippen LogP contribution in [0.3, 0.4) is 0 Å². The molecule has 1 aliphatic heterocycles. The predicted octanol–water partition coefficient (Wildman–Crippen LogP) is 1.31. The van der Waals surface area contributed by atoms with Crippen molar-refractivity contribution in [2.24, 2.45) is 0 Å². The van der Waals surface area contributed by atoms with E-state index in [1.54, 1.807) is 4.90 Å². The van der Waals surface area contributed by atoms with Crippen LogP contribution in [0.1, 0.15) is 30.1 Å². The zero-order valence-corrected chi connectivity index (χ0v) is 11.3. The van der Waals surface area contributed by atoms with Crippen LogP contribution in [-0.4, -0.2) is 46.7 Å².